The van der Waals surface area contributed by atoms with Gasteiger partial charge in [-0.1, -0.05) is 11.8 Å². The Morgan fingerprint density at radius 2 is 1.77 bits per heavy atom. The first-order valence-corrected chi connectivity index (χ1v) is 9.26. The molecule has 22 heavy (non-hydrogen) atoms. The third kappa shape index (κ3) is 3.30. The number of fused-ring (bicyclic) bond motifs is 1. The molecule has 5 nitrogen and oxygen atoms in total. The Hall–Kier alpha value is 0.0800. The Bertz CT molecular complexity index is 453. The summed E-state index contributed by atoms with van der Waals surface area (Å²) in [6, 6.07) is 0. The molecule has 7 heteroatoms. The fourth-order valence-corrected chi connectivity index (χ4v) is 3.89. The molecule has 1 saturated carbocycles. The van der Waals surface area contributed by atoms with E-state index in [1.54, 1.807) is 0 Å². The van der Waals surface area contributed by atoms with Gasteiger partial charge >= 0.3 is 0 Å². The van der Waals surface area contributed by atoms with E-state index in [1.807, 2.05) is 34.0 Å². The Morgan fingerprint density at radius 1 is 1.09 bits per heavy atom. The minimum Gasteiger partial charge on any atom is -0.472 e. The normalized spacial score (nSPS) is 42.3. The van der Waals surface area contributed by atoms with Crippen molar-refractivity contribution in [3.63, 3.8) is 0 Å². The van der Waals surface area contributed by atoms with Gasteiger partial charge < -0.3 is 23.7 Å². The topological polar surface area (TPSA) is 46.2 Å². The summed E-state index contributed by atoms with van der Waals surface area (Å²) < 4.78 is 30.4. The van der Waals surface area contributed by atoms with Crippen molar-refractivity contribution < 1.29 is 23.7 Å². The molecule has 2 heterocycles. The summed E-state index contributed by atoms with van der Waals surface area (Å²) in [5, 5.41) is 0. The van der Waals surface area contributed by atoms with Crippen molar-refractivity contribution in [2.24, 2.45) is 5.92 Å². The van der Waals surface area contributed by atoms with Crippen LogP contribution < -0.4 is 0 Å². The van der Waals surface area contributed by atoms with Gasteiger partial charge in [-0.2, -0.15) is 0 Å². The second-order valence-electron chi connectivity index (χ2n) is 6.94. The first-order chi connectivity index (χ1) is 10.2. The molecule has 0 aromatic heterocycles. The highest BCUT2D eigenvalue weighted by molar-refractivity contribution is 8.22. The van der Waals surface area contributed by atoms with Crippen LogP contribution in [0.5, 0.6) is 0 Å². The van der Waals surface area contributed by atoms with E-state index >= 15 is 0 Å². The molecule has 3 aliphatic rings. The summed E-state index contributed by atoms with van der Waals surface area (Å²) >= 11 is 6.68. The number of rotatable bonds is 2. The summed E-state index contributed by atoms with van der Waals surface area (Å²) in [6.45, 7) is 8.29. The third-order valence-corrected chi connectivity index (χ3v) is 5.40. The van der Waals surface area contributed by atoms with Gasteiger partial charge in [-0.25, -0.2) is 0 Å². The molecule has 0 N–H and O–H groups in total. The zero-order chi connectivity index (χ0) is 16.1. The third-order valence-electron chi connectivity index (χ3n) is 4.38. The zero-order valence-corrected chi connectivity index (χ0v) is 15.3. The molecule has 3 fully saturated rings. The van der Waals surface area contributed by atoms with Gasteiger partial charge in [0.05, 0.1) is 18.8 Å². The van der Waals surface area contributed by atoms with Gasteiger partial charge in [-0.3, -0.25) is 0 Å². The molecule has 0 aromatic carbocycles. The maximum atomic E-state index is 6.06. The van der Waals surface area contributed by atoms with Crippen LogP contribution in [0.4, 0.5) is 0 Å². The second-order valence-corrected chi connectivity index (χ2v) is 8.35. The van der Waals surface area contributed by atoms with Crippen molar-refractivity contribution in [1.29, 1.82) is 0 Å². The van der Waals surface area contributed by atoms with Crippen LogP contribution in [-0.2, 0) is 23.7 Å². The van der Waals surface area contributed by atoms with E-state index in [-0.39, 0.29) is 30.3 Å². The largest absolute Gasteiger partial charge is 0.472 e. The molecule has 1 aliphatic carbocycles. The minimum absolute atomic E-state index is 0.0157. The maximum absolute atomic E-state index is 6.06. The summed E-state index contributed by atoms with van der Waals surface area (Å²) in [5.74, 6) is -0.971. The molecule has 5 atom stereocenters. The van der Waals surface area contributed by atoms with Crippen LogP contribution in [-0.4, -0.2) is 53.2 Å². The van der Waals surface area contributed by atoms with Crippen LogP contribution in [0.3, 0.4) is 0 Å². The van der Waals surface area contributed by atoms with Crippen molar-refractivity contribution in [3.05, 3.63) is 0 Å². The highest BCUT2D eigenvalue weighted by Crippen LogP contribution is 2.46. The summed E-state index contributed by atoms with van der Waals surface area (Å²) in [6.07, 6.45) is 2.47. The van der Waals surface area contributed by atoms with Crippen LogP contribution >= 0.6 is 24.0 Å². The zero-order valence-electron chi connectivity index (χ0n) is 13.7. The van der Waals surface area contributed by atoms with E-state index < -0.39 is 11.6 Å². The van der Waals surface area contributed by atoms with Crippen molar-refractivity contribution in [3.8, 4) is 0 Å². The number of thiocarbonyl (C=S) groups is 1. The SMILES string of the molecule is CSC(=S)O[C@H]1[C@@H]([C@H]2COC(C)(C)O2)C[C@@H]2OC(C)(C)O[C@H]12. The predicted octanol–water partition coefficient (Wildman–Crippen LogP) is 2.71. The molecule has 2 saturated heterocycles. The summed E-state index contributed by atoms with van der Waals surface area (Å²) in [4.78, 5) is 0. The average molecular weight is 348 g/mol. The molecular weight excluding hydrogens is 324 g/mol. The lowest BCUT2D eigenvalue weighted by Crippen LogP contribution is -2.40. The molecule has 0 radical (unpaired) electrons. The average Bonchev–Trinajstić information content (AvgIpc) is 3.01. The summed E-state index contributed by atoms with van der Waals surface area (Å²) in [7, 11) is 0. The molecule has 126 valence electrons. The van der Waals surface area contributed by atoms with E-state index in [9.17, 15) is 0 Å². The first-order valence-electron chi connectivity index (χ1n) is 7.63. The monoisotopic (exact) mass is 348 g/mol. The van der Waals surface area contributed by atoms with Crippen molar-refractivity contribution >= 4 is 28.4 Å². The van der Waals surface area contributed by atoms with Gasteiger partial charge in [0.2, 0.25) is 4.38 Å². The highest BCUT2D eigenvalue weighted by Gasteiger charge is 2.58. The fourth-order valence-electron chi connectivity index (χ4n) is 3.57. The smallest absolute Gasteiger partial charge is 0.220 e. The summed E-state index contributed by atoms with van der Waals surface area (Å²) in [5.41, 5.74) is 0. The minimum atomic E-state index is -0.574. The lowest BCUT2D eigenvalue weighted by atomic mass is 9.98. The van der Waals surface area contributed by atoms with Crippen LogP contribution in [0, 0.1) is 5.92 Å². The molecule has 0 aromatic rings. The van der Waals surface area contributed by atoms with Crippen molar-refractivity contribution in [2.45, 2.75) is 70.1 Å². The number of hydrogen-bond donors (Lipinski definition) is 0. The highest BCUT2D eigenvalue weighted by atomic mass is 32.2. The lowest BCUT2D eigenvalue weighted by Gasteiger charge is -2.30. The number of hydrogen-bond acceptors (Lipinski definition) is 7. The second kappa shape index (κ2) is 5.86. The Balaban J connectivity index is 1.76. The molecule has 0 bridgehead atoms. The lowest BCUT2D eigenvalue weighted by molar-refractivity contribution is -0.178. The van der Waals surface area contributed by atoms with E-state index in [4.69, 9.17) is 35.9 Å². The molecule has 0 unspecified atom stereocenters. The van der Waals surface area contributed by atoms with Crippen LogP contribution in [0.1, 0.15) is 34.1 Å². The standard InChI is InChI=1S/C15H24O5S2/c1-14(2)16-7-10(19-14)8-6-9-12(20-15(3,4)18-9)11(8)17-13(21)22-5/h8-12H,6-7H2,1-5H3/t8-,9+,10-,11+,12+/m1/s1. The van der Waals surface area contributed by atoms with Gasteiger partial charge in [0.25, 0.3) is 0 Å². The molecule has 2 aliphatic heterocycles. The van der Waals surface area contributed by atoms with Crippen molar-refractivity contribution in [2.75, 3.05) is 12.9 Å². The first kappa shape index (κ1) is 16.9. The van der Waals surface area contributed by atoms with Gasteiger partial charge in [-0.15, -0.1) is 0 Å². The van der Waals surface area contributed by atoms with Crippen molar-refractivity contribution in [1.82, 2.24) is 0 Å². The van der Waals surface area contributed by atoms with E-state index in [0.717, 1.165) is 6.42 Å². The van der Waals surface area contributed by atoms with Gasteiger partial charge in [-0.05, 0) is 52.6 Å². The fraction of sp³-hybridized carbons (Fsp3) is 0.933. The molecule has 0 spiro atoms. The van der Waals surface area contributed by atoms with Gasteiger partial charge in [0.1, 0.15) is 12.2 Å². The van der Waals surface area contributed by atoms with E-state index in [2.05, 4.69) is 0 Å². The van der Waals surface area contributed by atoms with Crippen LogP contribution in [0.15, 0.2) is 0 Å². The Labute approximate surface area is 141 Å². The maximum Gasteiger partial charge on any atom is 0.220 e. The van der Waals surface area contributed by atoms with Gasteiger partial charge in [0, 0.05) is 5.92 Å². The Morgan fingerprint density at radius 3 is 2.36 bits per heavy atom. The number of ether oxygens (including phenoxy) is 5. The predicted molar refractivity (Wildman–Crippen MR) is 87.8 cm³/mol. The molecule has 3 rings (SSSR count). The van der Waals surface area contributed by atoms with Crippen LogP contribution in [0.25, 0.3) is 0 Å². The van der Waals surface area contributed by atoms with E-state index in [0.29, 0.717) is 11.0 Å². The van der Waals surface area contributed by atoms with Gasteiger partial charge in [0.15, 0.2) is 11.6 Å². The number of thioether (sulfide) groups is 1. The van der Waals surface area contributed by atoms with Crippen LogP contribution in [0.2, 0.25) is 0 Å². The van der Waals surface area contributed by atoms with E-state index in [1.165, 1.54) is 11.8 Å². The molecular formula is C15H24O5S2. The molecule has 0 amide bonds. The Kier molecular flexibility index (Phi) is 4.51. The quantitative estimate of drug-likeness (QED) is 0.711.